The van der Waals surface area contributed by atoms with Crippen LogP contribution in [0.3, 0.4) is 0 Å². The SMILES string of the molecule is CSc1ccc(CC(F)(F)F)c(Cl)c1. The molecule has 0 unspecified atom stereocenters. The molecule has 0 aliphatic rings. The molecule has 0 saturated carbocycles. The molecular weight excluding hydrogens is 233 g/mol. The van der Waals surface area contributed by atoms with Crippen molar-refractivity contribution in [2.45, 2.75) is 17.5 Å². The summed E-state index contributed by atoms with van der Waals surface area (Å²) in [5.74, 6) is 0. The largest absolute Gasteiger partial charge is 0.393 e. The minimum Gasteiger partial charge on any atom is -0.171 e. The lowest BCUT2D eigenvalue weighted by Gasteiger charge is -2.08. The Balaban J connectivity index is 2.89. The topological polar surface area (TPSA) is 0 Å². The summed E-state index contributed by atoms with van der Waals surface area (Å²) >= 11 is 7.14. The van der Waals surface area contributed by atoms with Gasteiger partial charge in [-0.05, 0) is 24.0 Å². The van der Waals surface area contributed by atoms with Crippen LogP contribution in [-0.4, -0.2) is 12.4 Å². The van der Waals surface area contributed by atoms with Crippen molar-refractivity contribution in [1.82, 2.24) is 0 Å². The predicted molar refractivity (Wildman–Crippen MR) is 53.0 cm³/mol. The lowest BCUT2D eigenvalue weighted by molar-refractivity contribution is -0.127. The van der Waals surface area contributed by atoms with Crippen molar-refractivity contribution < 1.29 is 13.2 Å². The molecule has 5 heteroatoms. The Morgan fingerprint density at radius 1 is 1.36 bits per heavy atom. The van der Waals surface area contributed by atoms with E-state index in [9.17, 15) is 13.2 Å². The third kappa shape index (κ3) is 3.42. The maximum atomic E-state index is 12.0. The van der Waals surface area contributed by atoms with Crippen molar-refractivity contribution in [1.29, 1.82) is 0 Å². The normalized spacial score (nSPS) is 11.8. The van der Waals surface area contributed by atoms with Crippen LogP contribution in [0.1, 0.15) is 5.56 Å². The van der Waals surface area contributed by atoms with Gasteiger partial charge in [-0.1, -0.05) is 17.7 Å². The van der Waals surface area contributed by atoms with Crippen LogP contribution in [0.4, 0.5) is 13.2 Å². The summed E-state index contributed by atoms with van der Waals surface area (Å²) in [7, 11) is 0. The highest BCUT2D eigenvalue weighted by Crippen LogP contribution is 2.28. The second-order valence-corrected chi connectivity index (χ2v) is 4.04. The lowest BCUT2D eigenvalue weighted by Crippen LogP contribution is -2.11. The molecule has 0 saturated heterocycles. The van der Waals surface area contributed by atoms with Gasteiger partial charge >= 0.3 is 6.18 Å². The van der Waals surface area contributed by atoms with E-state index in [0.717, 1.165) is 4.90 Å². The summed E-state index contributed by atoms with van der Waals surface area (Å²) in [4.78, 5) is 0.862. The van der Waals surface area contributed by atoms with Crippen LogP contribution in [0.15, 0.2) is 23.1 Å². The highest BCUT2D eigenvalue weighted by atomic mass is 35.5. The molecular formula is C9H8ClF3S. The fraction of sp³-hybridized carbons (Fsp3) is 0.333. The highest BCUT2D eigenvalue weighted by molar-refractivity contribution is 7.98. The zero-order valence-electron chi connectivity index (χ0n) is 7.36. The molecule has 0 aromatic heterocycles. The van der Waals surface area contributed by atoms with Crippen molar-refractivity contribution in [2.75, 3.05) is 6.26 Å². The van der Waals surface area contributed by atoms with Crippen LogP contribution in [0.2, 0.25) is 5.02 Å². The summed E-state index contributed by atoms with van der Waals surface area (Å²) < 4.78 is 36.1. The molecule has 1 aromatic rings. The Hall–Kier alpha value is -0.350. The van der Waals surface area contributed by atoms with E-state index < -0.39 is 12.6 Å². The summed E-state index contributed by atoms with van der Waals surface area (Å²) in [5, 5.41) is 0.175. The zero-order chi connectivity index (χ0) is 10.8. The summed E-state index contributed by atoms with van der Waals surface area (Å²) in [6, 6.07) is 4.60. The molecule has 1 rings (SSSR count). The van der Waals surface area contributed by atoms with E-state index in [0.29, 0.717) is 0 Å². The van der Waals surface area contributed by atoms with Gasteiger partial charge in [0.15, 0.2) is 0 Å². The predicted octanol–water partition coefficient (Wildman–Crippen LogP) is 4.17. The Morgan fingerprint density at radius 2 is 2.00 bits per heavy atom. The minimum absolute atomic E-state index is 0.122. The molecule has 1 aromatic carbocycles. The Kier molecular flexibility index (Phi) is 3.72. The van der Waals surface area contributed by atoms with Gasteiger partial charge in [-0.3, -0.25) is 0 Å². The molecule has 0 radical (unpaired) electrons. The van der Waals surface area contributed by atoms with Crippen molar-refractivity contribution >= 4 is 23.4 Å². The maximum absolute atomic E-state index is 12.0. The van der Waals surface area contributed by atoms with Crippen LogP contribution < -0.4 is 0 Å². The quantitative estimate of drug-likeness (QED) is 0.700. The van der Waals surface area contributed by atoms with Crippen LogP contribution in [-0.2, 0) is 6.42 Å². The van der Waals surface area contributed by atoms with Crippen molar-refractivity contribution in [2.24, 2.45) is 0 Å². The molecule has 0 spiro atoms. The summed E-state index contributed by atoms with van der Waals surface area (Å²) in [6.07, 6.45) is -3.33. The first-order valence-corrected chi connectivity index (χ1v) is 5.42. The zero-order valence-corrected chi connectivity index (χ0v) is 8.93. The van der Waals surface area contributed by atoms with Crippen LogP contribution in [0.25, 0.3) is 0 Å². The Bertz CT molecular complexity index is 322. The van der Waals surface area contributed by atoms with Gasteiger partial charge in [0, 0.05) is 9.92 Å². The number of benzene rings is 1. The molecule has 0 heterocycles. The first-order chi connectivity index (χ1) is 6.42. The maximum Gasteiger partial charge on any atom is 0.393 e. The van der Waals surface area contributed by atoms with Gasteiger partial charge in [-0.25, -0.2) is 0 Å². The van der Waals surface area contributed by atoms with Gasteiger partial charge in [0.2, 0.25) is 0 Å². The second-order valence-electron chi connectivity index (χ2n) is 2.75. The third-order valence-electron chi connectivity index (χ3n) is 1.65. The third-order valence-corrected chi connectivity index (χ3v) is 2.73. The van der Waals surface area contributed by atoms with Crippen LogP contribution in [0, 0.1) is 0 Å². The molecule has 78 valence electrons. The van der Waals surface area contributed by atoms with E-state index in [4.69, 9.17) is 11.6 Å². The van der Waals surface area contributed by atoms with E-state index in [-0.39, 0.29) is 10.6 Å². The highest BCUT2D eigenvalue weighted by Gasteiger charge is 2.28. The standard InChI is InChI=1S/C9H8ClF3S/c1-14-7-3-2-6(8(10)4-7)5-9(11,12)13/h2-4H,5H2,1H3. The van der Waals surface area contributed by atoms with Crippen LogP contribution in [0.5, 0.6) is 0 Å². The van der Waals surface area contributed by atoms with E-state index >= 15 is 0 Å². The monoisotopic (exact) mass is 240 g/mol. The Morgan fingerprint density at radius 3 is 2.43 bits per heavy atom. The van der Waals surface area contributed by atoms with Gasteiger partial charge in [0.1, 0.15) is 0 Å². The number of halogens is 4. The molecule has 0 aliphatic carbocycles. The van der Waals surface area contributed by atoms with Crippen molar-refractivity contribution in [3.8, 4) is 0 Å². The lowest BCUT2D eigenvalue weighted by atomic mass is 10.1. The summed E-state index contributed by atoms with van der Waals surface area (Å²) in [6.45, 7) is 0. The fourth-order valence-corrected chi connectivity index (χ4v) is 1.77. The van der Waals surface area contributed by atoms with Gasteiger partial charge in [0.05, 0.1) is 6.42 Å². The smallest absolute Gasteiger partial charge is 0.171 e. The van der Waals surface area contributed by atoms with Crippen molar-refractivity contribution in [3.63, 3.8) is 0 Å². The molecule has 0 bridgehead atoms. The number of thioether (sulfide) groups is 1. The molecule has 0 fully saturated rings. The molecule has 0 atom stereocenters. The number of hydrogen-bond acceptors (Lipinski definition) is 1. The fourth-order valence-electron chi connectivity index (χ4n) is 1.01. The van der Waals surface area contributed by atoms with E-state index in [1.54, 1.807) is 12.1 Å². The second kappa shape index (κ2) is 4.45. The van der Waals surface area contributed by atoms with Crippen LogP contribution >= 0.6 is 23.4 Å². The molecule has 0 nitrogen and oxygen atoms in total. The molecule has 0 N–H and O–H groups in total. The van der Waals surface area contributed by atoms with Gasteiger partial charge in [-0.15, -0.1) is 11.8 Å². The number of alkyl halides is 3. The number of hydrogen-bond donors (Lipinski definition) is 0. The number of rotatable bonds is 2. The van der Waals surface area contributed by atoms with E-state index in [1.807, 2.05) is 6.26 Å². The molecule has 0 aliphatic heterocycles. The minimum atomic E-state index is -4.20. The first-order valence-electron chi connectivity index (χ1n) is 3.81. The average Bonchev–Trinajstić information content (AvgIpc) is 2.06. The van der Waals surface area contributed by atoms with E-state index in [1.165, 1.54) is 17.8 Å². The summed E-state index contributed by atoms with van der Waals surface area (Å²) in [5.41, 5.74) is 0.122. The molecule has 0 amide bonds. The average molecular weight is 241 g/mol. The van der Waals surface area contributed by atoms with E-state index in [2.05, 4.69) is 0 Å². The van der Waals surface area contributed by atoms with Crippen molar-refractivity contribution in [3.05, 3.63) is 28.8 Å². The van der Waals surface area contributed by atoms with Gasteiger partial charge < -0.3 is 0 Å². The van der Waals surface area contributed by atoms with Gasteiger partial charge in [0.25, 0.3) is 0 Å². The van der Waals surface area contributed by atoms with Gasteiger partial charge in [-0.2, -0.15) is 13.2 Å². The molecule has 14 heavy (non-hydrogen) atoms. The first kappa shape index (κ1) is 11.7. The Labute approximate surface area is 89.4 Å².